The zero-order chi connectivity index (χ0) is 16.8. The lowest BCUT2D eigenvalue weighted by molar-refractivity contribution is 0.305. The molecule has 0 unspecified atom stereocenters. The fraction of sp³-hybridized carbons (Fsp3) is 0.0500. The number of halogens is 1. The number of nitriles is 1. The summed E-state index contributed by atoms with van der Waals surface area (Å²) >= 11 is 0. The Morgan fingerprint density at radius 2 is 1.58 bits per heavy atom. The summed E-state index contributed by atoms with van der Waals surface area (Å²) in [6.07, 6.45) is 0. The second-order valence-corrected chi connectivity index (χ2v) is 5.10. The molecule has 4 heteroatoms. The van der Waals surface area contributed by atoms with E-state index in [-0.39, 0.29) is 11.3 Å². The number of benzene rings is 3. The average Bonchev–Trinajstić information content (AvgIpc) is 2.63. The van der Waals surface area contributed by atoms with Crippen LogP contribution in [0.1, 0.15) is 11.1 Å². The molecule has 0 atom stereocenters. The maximum Gasteiger partial charge on any atom is 0.167 e. The van der Waals surface area contributed by atoms with E-state index in [1.54, 1.807) is 24.3 Å². The van der Waals surface area contributed by atoms with Gasteiger partial charge in [0.25, 0.3) is 0 Å². The fourth-order valence-corrected chi connectivity index (χ4v) is 2.12. The minimum Gasteiger partial charge on any atom is -0.489 e. The van der Waals surface area contributed by atoms with E-state index in [0.717, 1.165) is 11.6 Å². The second-order valence-electron chi connectivity index (χ2n) is 5.10. The third kappa shape index (κ3) is 3.90. The molecule has 118 valence electrons. The summed E-state index contributed by atoms with van der Waals surface area (Å²) in [4.78, 5) is 0. The Morgan fingerprint density at radius 1 is 0.875 bits per heavy atom. The van der Waals surface area contributed by atoms with Gasteiger partial charge in [0.1, 0.15) is 18.1 Å². The molecule has 3 nitrogen and oxygen atoms in total. The summed E-state index contributed by atoms with van der Waals surface area (Å²) in [5, 5.41) is 8.73. The molecule has 0 bridgehead atoms. The van der Waals surface area contributed by atoms with Crippen LogP contribution in [0, 0.1) is 17.1 Å². The number of rotatable bonds is 5. The molecule has 0 aliphatic carbocycles. The smallest absolute Gasteiger partial charge is 0.167 e. The number of ether oxygens (including phenoxy) is 2. The highest BCUT2D eigenvalue weighted by Crippen LogP contribution is 2.27. The molecule has 3 aromatic carbocycles. The van der Waals surface area contributed by atoms with Crippen LogP contribution in [0.3, 0.4) is 0 Å². The highest BCUT2D eigenvalue weighted by molar-refractivity contribution is 5.40. The van der Waals surface area contributed by atoms with Crippen LogP contribution in [0.2, 0.25) is 0 Å². The fourth-order valence-electron chi connectivity index (χ4n) is 2.12. The van der Waals surface area contributed by atoms with Crippen molar-refractivity contribution in [3.8, 4) is 23.3 Å². The van der Waals surface area contributed by atoms with Crippen molar-refractivity contribution in [2.75, 3.05) is 0 Å². The molecule has 0 fully saturated rings. The molecule has 0 radical (unpaired) electrons. The Labute approximate surface area is 139 Å². The third-order valence-corrected chi connectivity index (χ3v) is 3.36. The van der Waals surface area contributed by atoms with Crippen LogP contribution in [0.25, 0.3) is 0 Å². The van der Waals surface area contributed by atoms with Gasteiger partial charge in [0, 0.05) is 0 Å². The molecule has 0 saturated carbocycles. The zero-order valence-electron chi connectivity index (χ0n) is 12.8. The van der Waals surface area contributed by atoms with Crippen molar-refractivity contribution in [1.82, 2.24) is 0 Å². The molecule has 3 aromatic rings. The normalized spacial score (nSPS) is 10.0. The minimum atomic E-state index is -0.571. The van der Waals surface area contributed by atoms with Gasteiger partial charge in [0.2, 0.25) is 0 Å². The lowest BCUT2D eigenvalue weighted by Gasteiger charge is -2.09. The van der Waals surface area contributed by atoms with E-state index in [2.05, 4.69) is 0 Å². The molecule has 0 aliphatic rings. The maximum absolute atomic E-state index is 13.8. The molecule has 0 aliphatic heterocycles. The molecular weight excluding hydrogens is 305 g/mol. The molecule has 0 amide bonds. The van der Waals surface area contributed by atoms with Crippen LogP contribution in [0.15, 0.2) is 72.8 Å². The molecule has 0 spiro atoms. The van der Waals surface area contributed by atoms with Gasteiger partial charge >= 0.3 is 0 Å². The molecule has 0 aromatic heterocycles. The van der Waals surface area contributed by atoms with Gasteiger partial charge in [-0.15, -0.1) is 0 Å². The summed E-state index contributed by atoms with van der Waals surface area (Å²) in [6.45, 7) is 0.477. The first kappa shape index (κ1) is 15.6. The van der Waals surface area contributed by atoms with Gasteiger partial charge in [-0.25, -0.2) is 4.39 Å². The quantitative estimate of drug-likeness (QED) is 0.659. The summed E-state index contributed by atoms with van der Waals surface area (Å²) in [6, 6.07) is 22.8. The Morgan fingerprint density at radius 3 is 2.25 bits per heavy atom. The minimum absolute atomic E-state index is 0.0759. The predicted octanol–water partition coefficient (Wildman–Crippen LogP) is 5.07. The van der Waals surface area contributed by atoms with Crippen LogP contribution in [-0.2, 0) is 6.61 Å². The monoisotopic (exact) mass is 319 g/mol. The summed E-state index contributed by atoms with van der Waals surface area (Å²) in [5.41, 5.74) is 1.34. The highest BCUT2D eigenvalue weighted by Gasteiger charge is 2.06. The van der Waals surface area contributed by atoms with Crippen molar-refractivity contribution in [3.05, 3.63) is 89.7 Å². The van der Waals surface area contributed by atoms with Crippen LogP contribution in [-0.4, -0.2) is 0 Å². The molecule has 3 rings (SSSR count). The van der Waals surface area contributed by atoms with Gasteiger partial charge in [-0.3, -0.25) is 0 Å². The summed E-state index contributed by atoms with van der Waals surface area (Å²) < 4.78 is 25.0. The first-order valence-corrected chi connectivity index (χ1v) is 7.39. The third-order valence-electron chi connectivity index (χ3n) is 3.36. The standard InChI is InChI=1S/C20H14FNO2/c21-19-12-16(13-22)6-11-20(19)24-18-9-7-17(8-10-18)23-14-15-4-2-1-3-5-15/h1-12H,14H2. The van der Waals surface area contributed by atoms with E-state index in [9.17, 15) is 4.39 Å². The predicted molar refractivity (Wildman–Crippen MR) is 88.4 cm³/mol. The van der Waals surface area contributed by atoms with E-state index in [0.29, 0.717) is 18.1 Å². The number of hydrogen-bond acceptors (Lipinski definition) is 3. The second kappa shape index (κ2) is 7.30. The van der Waals surface area contributed by atoms with E-state index in [1.165, 1.54) is 12.1 Å². The zero-order valence-corrected chi connectivity index (χ0v) is 12.8. The number of hydrogen-bond donors (Lipinski definition) is 0. The molecular formula is C20H14FNO2. The first-order chi connectivity index (χ1) is 11.7. The van der Waals surface area contributed by atoms with Gasteiger partial charge < -0.3 is 9.47 Å². The van der Waals surface area contributed by atoms with E-state index in [1.807, 2.05) is 36.4 Å². The van der Waals surface area contributed by atoms with Crippen molar-refractivity contribution in [2.45, 2.75) is 6.61 Å². The van der Waals surface area contributed by atoms with Gasteiger partial charge in [0.05, 0.1) is 11.6 Å². The van der Waals surface area contributed by atoms with Crippen molar-refractivity contribution in [3.63, 3.8) is 0 Å². The van der Waals surface area contributed by atoms with Crippen LogP contribution < -0.4 is 9.47 Å². The Kier molecular flexibility index (Phi) is 4.73. The number of nitrogens with zero attached hydrogens (tertiary/aromatic N) is 1. The largest absolute Gasteiger partial charge is 0.489 e. The van der Waals surface area contributed by atoms with Crippen LogP contribution >= 0.6 is 0 Å². The molecule has 24 heavy (non-hydrogen) atoms. The van der Waals surface area contributed by atoms with Crippen LogP contribution in [0.5, 0.6) is 17.2 Å². The molecule has 0 N–H and O–H groups in total. The first-order valence-electron chi connectivity index (χ1n) is 7.39. The summed E-state index contributed by atoms with van der Waals surface area (Å²) in [5.74, 6) is 0.697. The van der Waals surface area contributed by atoms with Gasteiger partial charge in [-0.05, 0) is 48.0 Å². The lowest BCUT2D eigenvalue weighted by atomic mass is 10.2. The van der Waals surface area contributed by atoms with Crippen LogP contribution in [0.4, 0.5) is 4.39 Å². The summed E-state index contributed by atoms with van der Waals surface area (Å²) in [7, 11) is 0. The van der Waals surface area contributed by atoms with Gasteiger partial charge in [-0.1, -0.05) is 30.3 Å². The Hall–Kier alpha value is -3.32. The SMILES string of the molecule is N#Cc1ccc(Oc2ccc(OCc3ccccc3)cc2)c(F)c1. The van der Waals surface area contributed by atoms with Gasteiger partial charge in [0.15, 0.2) is 11.6 Å². The average molecular weight is 319 g/mol. The van der Waals surface area contributed by atoms with E-state index >= 15 is 0 Å². The Balaban J connectivity index is 1.63. The highest BCUT2D eigenvalue weighted by atomic mass is 19.1. The van der Waals surface area contributed by atoms with Crippen molar-refractivity contribution < 1.29 is 13.9 Å². The van der Waals surface area contributed by atoms with Crippen molar-refractivity contribution in [1.29, 1.82) is 5.26 Å². The van der Waals surface area contributed by atoms with Crippen molar-refractivity contribution in [2.24, 2.45) is 0 Å². The van der Waals surface area contributed by atoms with E-state index in [4.69, 9.17) is 14.7 Å². The van der Waals surface area contributed by atoms with Crippen molar-refractivity contribution >= 4 is 0 Å². The Bertz CT molecular complexity index is 855. The maximum atomic E-state index is 13.8. The van der Waals surface area contributed by atoms with Gasteiger partial charge in [-0.2, -0.15) is 5.26 Å². The van der Waals surface area contributed by atoms with E-state index < -0.39 is 5.82 Å². The lowest BCUT2D eigenvalue weighted by Crippen LogP contribution is -1.95. The molecule has 0 heterocycles. The molecule has 0 saturated heterocycles. The topological polar surface area (TPSA) is 42.2 Å².